The predicted octanol–water partition coefficient (Wildman–Crippen LogP) is 22.5. The first-order chi connectivity index (χ1) is 38.5. The molecule has 6 heteroatoms. The van der Waals surface area contributed by atoms with Crippen LogP contribution in [0, 0.1) is 0 Å². The lowest BCUT2D eigenvalue weighted by Gasteiger charge is -2.22. The lowest BCUT2D eigenvalue weighted by molar-refractivity contribution is -0.143. The number of esters is 1. The Morgan fingerprint density at radius 2 is 0.641 bits per heavy atom. The van der Waals surface area contributed by atoms with Gasteiger partial charge in [-0.2, -0.15) is 0 Å². The van der Waals surface area contributed by atoms with E-state index in [1.165, 1.54) is 283 Å². The molecule has 78 heavy (non-hydrogen) atoms. The molecule has 1 amide bonds. The number of carbonyl (C=O) groups is 2. The van der Waals surface area contributed by atoms with Gasteiger partial charge in [-0.25, -0.2) is 0 Å². The van der Waals surface area contributed by atoms with Crippen molar-refractivity contribution in [2.75, 3.05) is 13.2 Å². The molecule has 0 radical (unpaired) electrons. The van der Waals surface area contributed by atoms with Crippen LogP contribution in [0.2, 0.25) is 0 Å². The zero-order valence-corrected chi connectivity index (χ0v) is 52.4. The highest BCUT2D eigenvalue weighted by molar-refractivity contribution is 5.76. The van der Waals surface area contributed by atoms with E-state index in [0.717, 1.165) is 57.8 Å². The van der Waals surface area contributed by atoms with Crippen molar-refractivity contribution in [2.45, 2.75) is 386 Å². The smallest absolute Gasteiger partial charge is 0.305 e. The average molecular weight is 1090 g/mol. The molecule has 0 fully saturated rings. The Morgan fingerprint density at radius 3 is 1.00 bits per heavy atom. The number of carbonyl (C=O) groups excluding carboxylic acids is 2. The molecule has 0 bridgehead atoms. The van der Waals surface area contributed by atoms with Crippen molar-refractivity contribution in [3.63, 3.8) is 0 Å². The highest BCUT2D eigenvalue weighted by atomic mass is 16.5. The van der Waals surface area contributed by atoms with E-state index in [4.69, 9.17) is 4.74 Å². The van der Waals surface area contributed by atoms with Gasteiger partial charge in [0.25, 0.3) is 0 Å². The minimum absolute atomic E-state index is 0.00480. The molecule has 458 valence electrons. The Labute approximate surface area is 486 Å². The van der Waals surface area contributed by atoms with Gasteiger partial charge in [0.15, 0.2) is 0 Å². The van der Waals surface area contributed by atoms with Gasteiger partial charge in [-0.15, -0.1) is 0 Å². The van der Waals surface area contributed by atoms with Crippen LogP contribution in [0.1, 0.15) is 373 Å². The lowest BCUT2D eigenvalue weighted by atomic mass is 10.0. The maximum absolute atomic E-state index is 12.5. The molecule has 0 spiro atoms. The van der Waals surface area contributed by atoms with Crippen LogP contribution in [-0.2, 0) is 14.3 Å². The Hall–Kier alpha value is -2.18. The Bertz CT molecular complexity index is 1310. The molecule has 2 atom stereocenters. The largest absolute Gasteiger partial charge is 0.466 e. The first-order valence-corrected chi connectivity index (χ1v) is 34.9. The van der Waals surface area contributed by atoms with Gasteiger partial charge in [-0.1, -0.05) is 319 Å². The molecule has 0 aliphatic rings. The van der Waals surface area contributed by atoms with E-state index in [1.807, 2.05) is 0 Å². The van der Waals surface area contributed by atoms with Gasteiger partial charge < -0.3 is 20.3 Å². The highest BCUT2D eigenvalue weighted by Gasteiger charge is 2.20. The van der Waals surface area contributed by atoms with Crippen LogP contribution in [0.5, 0.6) is 0 Å². The Balaban J connectivity index is 3.44. The molecule has 0 aromatic rings. The second kappa shape index (κ2) is 67.3. The summed E-state index contributed by atoms with van der Waals surface area (Å²) in [5.74, 6) is -0.0428. The predicted molar refractivity (Wildman–Crippen MR) is 342 cm³/mol. The number of hydrogen-bond donors (Lipinski definition) is 3. The Morgan fingerprint density at radius 1 is 0.359 bits per heavy atom. The van der Waals surface area contributed by atoms with Crippen molar-refractivity contribution < 1.29 is 24.5 Å². The van der Waals surface area contributed by atoms with Crippen LogP contribution in [-0.4, -0.2) is 47.4 Å². The molecule has 0 aliphatic heterocycles. The quantitative estimate of drug-likeness (QED) is 0.0320. The third-order valence-corrected chi connectivity index (χ3v) is 16.1. The molecule has 0 heterocycles. The number of amides is 1. The molecule has 3 N–H and O–H groups in total. The van der Waals surface area contributed by atoms with Gasteiger partial charge in [-0.05, 0) is 89.9 Å². The number of rotatable bonds is 65. The molecule has 0 aromatic carbocycles. The van der Waals surface area contributed by atoms with E-state index in [9.17, 15) is 19.8 Å². The summed E-state index contributed by atoms with van der Waals surface area (Å²) in [6, 6.07) is -0.548. The van der Waals surface area contributed by atoms with E-state index in [-0.39, 0.29) is 18.5 Å². The number of ether oxygens (including phenoxy) is 1. The summed E-state index contributed by atoms with van der Waals surface area (Å²) in [6.45, 7) is 4.94. The molecule has 0 aromatic heterocycles. The van der Waals surface area contributed by atoms with Gasteiger partial charge in [0.2, 0.25) is 5.91 Å². The summed E-state index contributed by atoms with van der Waals surface area (Å²) in [7, 11) is 0. The SMILES string of the molecule is CCCCC/C=C\C/C=C\CCCCCCCC(=O)OCCCCCCCCCCC/C=C\C/C=C\CCCCCCCCCCCC(=O)NC(CO)C(O)CCCCCCCCCCCCCCCCCCCCCCC. The van der Waals surface area contributed by atoms with E-state index in [1.54, 1.807) is 0 Å². The van der Waals surface area contributed by atoms with Crippen LogP contribution in [0.25, 0.3) is 0 Å². The molecule has 0 saturated carbocycles. The first kappa shape index (κ1) is 75.8. The van der Waals surface area contributed by atoms with Gasteiger partial charge >= 0.3 is 5.97 Å². The number of aliphatic hydroxyl groups is 2. The fraction of sp³-hybridized carbons (Fsp3) is 0.861. The number of hydrogen-bond acceptors (Lipinski definition) is 5. The minimum Gasteiger partial charge on any atom is -0.466 e. The molecule has 6 nitrogen and oxygen atoms in total. The van der Waals surface area contributed by atoms with Gasteiger partial charge in [0, 0.05) is 12.8 Å². The third-order valence-electron chi connectivity index (χ3n) is 16.1. The monoisotopic (exact) mass is 1090 g/mol. The standard InChI is InChI=1S/C72H135NO5/c1-3-5-7-9-11-13-15-17-19-20-21-27-30-33-37-40-44-48-52-56-60-64-70(75)69(68-74)73-71(76)65-61-57-53-49-45-41-38-34-31-28-25-23-22-24-26-29-32-35-39-43-47-51-55-59-63-67-78-72(77)66-62-58-54-50-46-42-36-18-16-14-12-10-8-6-4-2/h12,14,18,23-26,36,69-70,74-75H,3-11,13,15-17,19-22,27-35,37-68H2,1-2H3,(H,73,76)/b14-12-,25-23-,26-24-,36-18-. The number of aliphatic hydroxyl groups excluding tert-OH is 2. The fourth-order valence-corrected chi connectivity index (χ4v) is 10.8. The number of unbranched alkanes of at least 4 members (excludes halogenated alkanes) is 46. The second-order valence-electron chi connectivity index (χ2n) is 23.9. The highest BCUT2D eigenvalue weighted by Crippen LogP contribution is 2.18. The maximum atomic E-state index is 12.5. The summed E-state index contributed by atoms with van der Waals surface area (Å²) < 4.78 is 5.48. The summed E-state index contributed by atoms with van der Waals surface area (Å²) in [5, 5.41) is 23.4. The van der Waals surface area contributed by atoms with Crippen molar-refractivity contribution in [3.8, 4) is 0 Å². The van der Waals surface area contributed by atoms with Gasteiger partial charge in [0.1, 0.15) is 0 Å². The molecule has 0 rings (SSSR count). The molecular formula is C72H135NO5. The van der Waals surface area contributed by atoms with E-state index in [0.29, 0.717) is 25.9 Å². The van der Waals surface area contributed by atoms with Crippen LogP contribution in [0.15, 0.2) is 48.6 Å². The molecule has 0 saturated heterocycles. The summed E-state index contributed by atoms with van der Waals surface area (Å²) in [6.07, 6.45) is 87.2. The van der Waals surface area contributed by atoms with Crippen molar-refractivity contribution in [3.05, 3.63) is 48.6 Å². The first-order valence-electron chi connectivity index (χ1n) is 34.9. The van der Waals surface area contributed by atoms with Gasteiger partial charge in [-0.3, -0.25) is 9.59 Å². The summed E-state index contributed by atoms with van der Waals surface area (Å²) in [5.41, 5.74) is 0. The van der Waals surface area contributed by atoms with E-state index in [2.05, 4.69) is 67.8 Å². The number of nitrogens with one attached hydrogen (secondary N) is 1. The molecular weight excluding hydrogens is 959 g/mol. The fourth-order valence-electron chi connectivity index (χ4n) is 10.8. The van der Waals surface area contributed by atoms with Crippen molar-refractivity contribution in [1.82, 2.24) is 5.32 Å². The van der Waals surface area contributed by atoms with Crippen LogP contribution in [0.3, 0.4) is 0 Å². The zero-order chi connectivity index (χ0) is 56.4. The Kier molecular flexibility index (Phi) is 65.4. The maximum Gasteiger partial charge on any atom is 0.305 e. The summed E-state index contributed by atoms with van der Waals surface area (Å²) in [4.78, 5) is 24.6. The average Bonchev–Trinajstić information content (AvgIpc) is 3.44. The third kappa shape index (κ3) is 63.0. The van der Waals surface area contributed by atoms with Crippen LogP contribution < -0.4 is 5.32 Å². The van der Waals surface area contributed by atoms with Gasteiger partial charge in [0.05, 0.1) is 25.4 Å². The topological polar surface area (TPSA) is 95.9 Å². The van der Waals surface area contributed by atoms with Crippen molar-refractivity contribution in [2.24, 2.45) is 0 Å². The lowest BCUT2D eigenvalue weighted by Crippen LogP contribution is -2.45. The molecule has 2 unspecified atom stereocenters. The summed E-state index contributed by atoms with van der Waals surface area (Å²) >= 11 is 0. The van der Waals surface area contributed by atoms with E-state index < -0.39 is 12.1 Å². The minimum atomic E-state index is -0.670. The second-order valence-corrected chi connectivity index (χ2v) is 23.9. The molecule has 0 aliphatic carbocycles. The van der Waals surface area contributed by atoms with Crippen molar-refractivity contribution >= 4 is 11.9 Å². The normalized spacial score (nSPS) is 12.8. The number of allylic oxidation sites excluding steroid dienone is 8. The van der Waals surface area contributed by atoms with Crippen molar-refractivity contribution in [1.29, 1.82) is 0 Å². The van der Waals surface area contributed by atoms with Crippen LogP contribution in [0.4, 0.5) is 0 Å². The zero-order valence-electron chi connectivity index (χ0n) is 52.4. The van der Waals surface area contributed by atoms with Crippen LogP contribution >= 0.6 is 0 Å². The van der Waals surface area contributed by atoms with E-state index >= 15 is 0 Å².